The molecule has 0 radical (unpaired) electrons. The Morgan fingerprint density at radius 2 is 2.11 bits per heavy atom. The van der Waals surface area contributed by atoms with E-state index in [4.69, 9.17) is 9.47 Å². The van der Waals surface area contributed by atoms with Crippen molar-refractivity contribution in [2.75, 3.05) is 26.3 Å². The summed E-state index contributed by atoms with van der Waals surface area (Å²) in [6.45, 7) is 7.55. The predicted molar refractivity (Wildman–Crippen MR) is 81.9 cm³/mol. The molecule has 0 aromatic heterocycles. The highest BCUT2D eigenvalue weighted by molar-refractivity contribution is 9.10. The third-order valence-corrected chi connectivity index (χ3v) is 3.33. The average molecular weight is 326 g/mol. The molecule has 0 bridgehead atoms. The van der Waals surface area contributed by atoms with Crippen LogP contribution in [0.1, 0.15) is 19.4 Å². The first-order valence-corrected chi connectivity index (χ1v) is 7.42. The molecule has 2 rings (SSSR count). The SMILES string of the molecule is CC(C)CNCC=Cc1cc(Br)c2c(c1)OCCO2. The minimum Gasteiger partial charge on any atom is -0.486 e. The Hall–Kier alpha value is -1.00. The van der Waals surface area contributed by atoms with Gasteiger partial charge in [0.1, 0.15) is 13.2 Å². The van der Waals surface area contributed by atoms with Gasteiger partial charge in [-0.25, -0.2) is 0 Å². The second-order valence-corrected chi connectivity index (χ2v) is 5.84. The molecule has 1 aromatic rings. The van der Waals surface area contributed by atoms with Crippen LogP contribution in [-0.2, 0) is 0 Å². The van der Waals surface area contributed by atoms with Gasteiger partial charge in [0.2, 0.25) is 0 Å². The molecule has 0 unspecified atom stereocenters. The molecule has 1 aliphatic heterocycles. The number of fused-ring (bicyclic) bond motifs is 1. The third-order valence-electron chi connectivity index (χ3n) is 2.74. The molecule has 0 atom stereocenters. The van der Waals surface area contributed by atoms with Crippen molar-refractivity contribution < 1.29 is 9.47 Å². The van der Waals surface area contributed by atoms with Gasteiger partial charge in [-0.2, -0.15) is 0 Å². The van der Waals surface area contributed by atoms with Crippen LogP contribution in [0.15, 0.2) is 22.7 Å². The average Bonchev–Trinajstić information content (AvgIpc) is 2.38. The molecule has 0 saturated heterocycles. The first-order chi connectivity index (χ1) is 9.16. The summed E-state index contributed by atoms with van der Waals surface area (Å²) in [6.07, 6.45) is 4.22. The lowest BCUT2D eigenvalue weighted by Crippen LogP contribution is -2.19. The lowest BCUT2D eigenvalue weighted by atomic mass is 10.1. The highest BCUT2D eigenvalue weighted by atomic mass is 79.9. The van der Waals surface area contributed by atoms with E-state index in [1.165, 1.54) is 0 Å². The molecule has 1 heterocycles. The molecule has 0 spiro atoms. The van der Waals surface area contributed by atoms with Crippen LogP contribution < -0.4 is 14.8 Å². The monoisotopic (exact) mass is 325 g/mol. The molecule has 4 heteroatoms. The maximum absolute atomic E-state index is 5.60. The lowest BCUT2D eigenvalue weighted by Gasteiger charge is -2.19. The topological polar surface area (TPSA) is 30.5 Å². The molecule has 0 aliphatic carbocycles. The normalized spacial score (nSPS) is 14.3. The predicted octanol–water partition coefficient (Wildman–Crippen LogP) is 3.48. The minimum absolute atomic E-state index is 0.611. The van der Waals surface area contributed by atoms with E-state index in [1.807, 2.05) is 12.1 Å². The van der Waals surface area contributed by atoms with E-state index in [-0.39, 0.29) is 0 Å². The van der Waals surface area contributed by atoms with Crippen LogP contribution >= 0.6 is 15.9 Å². The molecule has 0 amide bonds. The summed E-state index contributed by atoms with van der Waals surface area (Å²) < 4.78 is 12.1. The van der Waals surface area contributed by atoms with E-state index in [0.717, 1.165) is 34.6 Å². The van der Waals surface area contributed by atoms with Gasteiger partial charge in [-0.05, 0) is 46.1 Å². The van der Waals surface area contributed by atoms with E-state index >= 15 is 0 Å². The molecule has 1 aromatic carbocycles. The zero-order chi connectivity index (χ0) is 13.7. The highest BCUT2D eigenvalue weighted by Gasteiger charge is 2.15. The second-order valence-electron chi connectivity index (χ2n) is 4.98. The zero-order valence-corrected chi connectivity index (χ0v) is 13.0. The van der Waals surface area contributed by atoms with Crippen molar-refractivity contribution in [3.05, 3.63) is 28.2 Å². The number of hydrogen-bond acceptors (Lipinski definition) is 3. The van der Waals surface area contributed by atoms with Gasteiger partial charge in [-0.1, -0.05) is 26.0 Å². The van der Waals surface area contributed by atoms with Crippen molar-refractivity contribution in [2.24, 2.45) is 5.92 Å². The first kappa shape index (κ1) is 14.4. The summed E-state index contributed by atoms with van der Waals surface area (Å²) in [5.41, 5.74) is 1.11. The van der Waals surface area contributed by atoms with Crippen LogP contribution in [0.2, 0.25) is 0 Å². The highest BCUT2D eigenvalue weighted by Crippen LogP contribution is 2.38. The van der Waals surface area contributed by atoms with Gasteiger partial charge in [0, 0.05) is 6.54 Å². The Labute approximate surface area is 123 Å². The Morgan fingerprint density at radius 3 is 2.89 bits per heavy atom. The fraction of sp³-hybridized carbons (Fsp3) is 0.467. The number of halogens is 1. The largest absolute Gasteiger partial charge is 0.486 e. The van der Waals surface area contributed by atoms with Gasteiger partial charge < -0.3 is 14.8 Å². The van der Waals surface area contributed by atoms with Crippen LogP contribution in [0.3, 0.4) is 0 Å². The number of ether oxygens (including phenoxy) is 2. The van der Waals surface area contributed by atoms with Crippen molar-refractivity contribution in [3.63, 3.8) is 0 Å². The summed E-state index contributed by atoms with van der Waals surface area (Å²) >= 11 is 3.52. The Bertz CT molecular complexity index is 458. The molecule has 0 saturated carbocycles. The molecule has 0 fully saturated rings. The minimum atomic E-state index is 0.611. The Morgan fingerprint density at radius 1 is 1.32 bits per heavy atom. The van der Waals surface area contributed by atoms with Gasteiger partial charge >= 0.3 is 0 Å². The molecular formula is C15H20BrNO2. The number of hydrogen-bond donors (Lipinski definition) is 1. The van der Waals surface area contributed by atoms with E-state index in [9.17, 15) is 0 Å². The number of rotatable bonds is 5. The smallest absolute Gasteiger partial charge is 0.175 e. The summed E-state index contributed by atoms with van der Waals surface area (Å²) in [5.74, 6) is 2.30. The van der Waals surface area contributed by atoms with Crippen LogP contribution in [-0.4, -0.2) is 26.3 Å². The van der Waals surface area contributed by atoms with Gasteiger partial charge in [0.15, 0.2) is 11.5 Å². The van der Waals surface area contributed by atoms with Gasteiger partial charge in [-0.15, -0.1) is 0 Å². The standard InChI is InChI=1S/C15H20BrNO2/c1-11(2)10-17-5-3-4-12-8-13(16)15-14(9-12)18-6-7-19-15/h3-4,8-9,11,17H,5-7,10H2,1-2H3. The van der Waals surface area contributed by atoms with Crippen LogP contribution in [0.25, 0.3) is 6.08 Å². The van der Waals surface area contributed by atoms with E-state index in [1.54, 1.807) is 0 Å². The van der Waals surface area contributed by atoms with Crippen LogP contribution in [0.5, 0.6) is 11.5 Å². The summed E-state index contributed by atoms with van der Waals surface area (Å²) in [7, 11) is 0. The van der Waals surface area contributed by atoms with Gasteiger partial charge in [0.05, 0.1) is 4.47 Å². The molecule has 1 N–H and O–H groups in total. The van der Waals surface area contributed by atoms with Crippen LogP contribution in [0.4, 0.5) is 0 Å². The number of benzene rings is 1. The van der Waals surface area contributed by atoms with Crippen molar-refractivity contribution in [1.29, 1.82) is 0 Å². The van der Waals surface area contributed by atoms with E-state index in [2.05, 4.69) is 47.2 Å². The zero-order valence-electron chi connectivity index (χ0n) is 11.4. The molecule has 19 heavy (non-hydrogen) atoms. The Kier molecular flexibility index (Phi) is 5.28. The van der Waals surface area contributed by atoms with Crippen LogP contribution in [0, 0.1) is 5.92 Å². The number of nitrogens with one attached hydrogen (secondary N) is 1. The molecule has 104 valence electrons. The van der Waals surface area contributed by atoms with Crippen molar-refractivity contribution in [1.82, 2.24) is 5.32 Å². The lowest BCUT2D eigenvalue weighted by molar-refractivity contribution is 0.170. The second kappa shape index (κ2) is 6.96. The molecular weight excluding hydrogens is 306 g/mol. The maximum Gasteiger partial charge on any atom is 0.175 e. The quantitative estimate of drug-likeness (QED) is 0.841. The summed E-state index contributed by atoms with van der Waals surface area (Å²) in [5, 5.41) is 3.38. The summed E-state index contributed by atoms with van der Waals surface area (Å²) in [6, 6.07) is 4.06. The fourth-order valence-corrected chi connectivity index (χ4v) is 2.45. The molecule has 1 aliphatic rings. The Balaban J connectivity index is 1.97. The maximum atomic E-state index is 5.60. The van der Waals surface area contributed by atoms with Crippen molar-refractivity contribution >= 4 is 22.0 Å². The fourth-order valence-electron chi connectivity index (χ4n) is 1.88. The van der Waals surface area contributed by atoms with Crippen molar-refractivity contribution in [2.45, 2.75) is 13.8 Å². The molecule has 3 nitrogen and oxygen atoms in total. The van der Waals surface area contributed by atoms with Crippen molar-refractivity contribution in [3.8, 4) is 11.5 Å². The summed E-state index contributed by atoms with van der Waals surface area (Å²) in [4.78, 5) is 0. The third kappa shape index (κ3) is 4.25. The van der Waals surface area contributed by atoms with Gasteiger partial charge in [0.25, 0.3) is 0 Å². The first-order valence-electron chi connectivity index (χ1n) is 6.63. The van der Waals surface area contributed by atoms with E-state index < -0.39 is 0 Å². The van der Waals surface area contributed by atoms with E-state index in [0.29, 0.717) is 19.1 Å². The van der Waals surface area contributed by atoms with Gasteiger partial charge in [-0.3, -0.25) is 0 Å².